The lowest BCUT2D eigenvalue weighted by atomic mass is 10.2. The molecular formula is C8H17N3O3S. The monoisotopic (exact) mass is 235 g/mol. The third kappa shape index (κ3) is 4.15. The highest BCUT2D eigenvalue weighted by Crippen LogP contribution is 2.15. The Morgan fingerprint density at radius 2 is 2.27 bits per heavy atom. The molecule has 0 aromatic heterocycles. The molecule has 1 fully saturated rings. The number of likely N-dealkylation sites (tertiary alicyclic amines) is 1. The van der Waals surface area contributed by atoms with E-state index >= 15 is 0 Å². The zero-order chi connectivity index (χ0) is 11.5. The fraction of sp³-hybridized carbons (Fsp3) is 0.875. The van der Waals surface area contributed by atoms with Crippen LogP contribution >= 0.6 is 0 Å². The molecule has 1 aliphatic rings. The summed E-state index contributed by atoms with van der Waals surface area (Å²) < 4.78 is 24.0. The molecule has 3 N–H and O–H groups in total. The van der Waals surface area contributed by atoms with Crippen LogP contribution in [0, 0.1) is 0 Å². The lowest BCUT2D eigenvalue weighted by Gasteiger charge is -2.21. The van der Waals surface area contributed by atoms with Crippen molar-refractivity contribution in [1.29, 1.82) is 0 Å². The summed E-state index contributed by atoms with van der Waals surface area (Å²) in [4.78, 5) is 12.9. The topological polar surface area (TPSA) is 92.5 Å². The van der Waals surface area contributed by atoms with Crippen molar-refractivity contribution in [2.24, 2.45) is 5.73 Å². The van der Waals surface area contributed by atoms with Gasteiger partial charge in [0.1, 0.15) is 0 Å². The quantitative estimate of drug-likeness (QED) is 0.605. The number of amides is 1. The molecule has 1 heterocycles. The lowest BCUT2D eigenvalue weighted by molar-refractivity contribution is -0.122. The van der Waals surface area contributed by atoms with Crippen LogP contribution in [0.25, 0.3) is 0 Å². The van der Waals surface area contributed by atoms with Crippen LogP contribution in [0.2, 0.25) is 0 Å². The maximum Gasteiger partial charge on any atom is 0.234 e. The van der Waals surface area contributed by atoms with Gasteiger partial charge in [-0.05, 0) is 19.4 Å². The third-order valence-electron chi connectivity index (χ3n) is 2.46. The average Bonchev–Trinajstić information content (AvgIpc) is 2.49. The molecule has 88 valence electrons. The summed E-state index contributed by atoms with van der Waals surface area (Å²) in [5, 5.41) is 0. The van der Waals surface area contributed by atoms with Crippen molar-refractivity contribution in [2.45, 2.75) is 18.9 Å². The summed E-state index contributed by atoms with van der Waals surface area (Å²) in [5.74, 6) is -0.327. The number of hydrogen-bond acceptors (Lipinski definition) is 4. The van der Waals surface area contributed by atoms with E-state index in [0.717, 1.165) is 25.6 Å². The fourth-order valence-corrected chi connectivity index (χ4v) is 2.25. The number of hydrogen-bond donors (Lipinski definition) is 2. The maximum atomic E-state index is 11.0. The second-order valence-corrected chi connectivity index (χ2v) is 5.60. The van der Waals surface area contributed by atoms with Crippen molar-refractivity contribution in [1.82, 2.24) is 9.62 Å². The van der Waals surface area contributed by atoms with Gasteiger partial charge < -0.3 is 5.73 Å². The summed E-state index contributed by atoms with van der Waals surface area (Å²) in [5.41, 5.74) is 5.23. The highest BCUT2D eigenvalue weighted by atomic mass is 32.2. The second-order valence-electron chi connectivity index (χ2n) is 3.76. The average molecular weight is 235 g/mol. The van der Waals surface area contributed by atoms with Gasteiger partial charge in [-0.25, -0.2) is 13.1 Å². The Labute approximate surface area is 89.9 Å². The van der Waals surface area contributed by atoms with E-state index in [9.17, 15) is 13.2 Å². The molecule has 0 aliphatic carbocycles. The number of sulfonamides is 1. The molecule has 1 amide bonds. The Balaban J connectivity index is 2.35. The number of primary amides is 1. The van der Waals surface area contributed by atoms with Gasteiger partial charge in [0.05, 0.1) is 12.3 Å². The van der Waals surface area contributed by atoms with E-state index in [-0.39, 0.29) is 11.9 Å². The van der Waals surface area contributed by atoms with E-state index in [0.29, 0.717) is 13.1 Å². The van der Waals surface area contributed by atoms with E-state index < -0.39 is 10.0 Å². The predicted molar refractivity (Wildman–Crippen MR) is 56.6 cm³/mol. The van der Waals surface area contributed by atoms with Gasteiger partial charge in [-0.15, -0.1) is 0 Å². The van der Waals surface area contributed by atoms with Crippen LogP contribution in [-0.2, 0) is 14.8 Å². The molecule has 15 heavy (non-hydrogen) atoms. The van der Waals surface area contributed by atoms with Gasteiger partial charge in [0.2, 0.25) is 15.9 Å². The van der Waals surface area contributed by atoms with Crippen molar-refractivity contribution < 1.29 is 13.2 Å². The van der Waals surface area contributed by atoms with Gasteiger partial charge in [-0.1, -0.05) is 0 Å². The summed E-state index contributed by atoms with van der Waals surface area (Å²) in [6.45, 7) is 1.66. The first kappa shape index (κ1) is 12.4. The predicted octanol–water partition coefficient (Wildman–Crippen LogP) is -1.51. The Kier molecular flexibility index (Phi) is 4.06. The van der Waals surface area contributed by atoms with E-state index in [1.54, 1.807) is 0 Å². The minimum Gasteiger partial charge on any atom is -0.368 e. The van der Waals surface area contributed by atoms with Gasteiger partial charge in [-0.2, -0.15) is 0 Å². The van der Waals surface area contributed by atoms with Crippen molar-refractivity contribution in [3.05, 3.63) is 0 Å². The first-order valence-electron chi connectivity index (χ1n) is 4.88. The van der Waals surface area contributed by atoms with Crippen LogP contribution in [0.5, 0.6) is 0 Å². The number of carbonyl (C=O) groups excluding carboxylic acids is 1. The lowest BCUT2D eigenvalue weighted by Crippen LogP contribution is -2.43. The second kappa shape index (κ2) is 4.91. The van der Waals surface area contributed by atoms with E-state index in [4.69, 9.17) is 5.73 Å². The molecule has 1 atom stereocenters. The highest BCUT2D eigenvalue weighted by Gasteiger charge is 2.28. The Hall–Kier alpha value is -0.660. The zero-order valence-electron chi connectivity index (χ0n) is 8.77. The van der Waals surface area contributed by atoms with Gasteiger partial charge in [0, 0.05) is 13.1 Å². The molecule has 1 aliphatic heterocycles. The molecule has 0 radical (unpaired) electrons. The Morgan fingerprint density at radius 1 is 1.60 bits per heavy atom. The molecule has 1 saturated heterocycles. The van der Waals surface area contributed by atoms with Gasteiger partial charge >= 0.3 is 0 Å². The van der Waals surface area contributed by atoms with E-state index in [1.165, 1.54) is 0 Å². The first-order chi connectivity index (χ1) is 6.90. The zero-order valence-corrected chi connectivity index (χ0v) is 9.59. The van der Waals surface area contributed by atoms with Crippen molar-refractivity contribution >= 4 is 15.9 Å². The molecule has 0 aromatic carbocycles. The van der Waals surface area contributed by atoms with Crippen molar-refractivity contribution in [2.75, 3.05) is 25.9 Å². The normalized spacial score (nSPS) is 23.1. The molecule has 0 aromatic rings. The molecule has 1 unspecified atom stereocenters. The van der Waals surface area contributed by atoms with Crippen LogP contribution in [0.15, 0.2) is 0 Å². The number of nitrogens with two attached hydrogens (primary N) is 1. The van der Waals surface area contributed by atoms with Crippen molar-refractivity contribution in [3.63, 3.8) is 0 Å². The minimum atomic E-state index is -3.15. The van der Waals surface area contributed by atoms with Crippen LogP contribution in [0.4, 0.5) is 0 Å². The van der Waals surface area contributed by atoms with Crippen LogP contribution in [0.3, 0.4) is 0 Å². The van der Waals surface area contributed by atoms with Gasteiger partial charge in [0.25, 0.3) is 0 Å². The molecule has 0 bridgehead atoms. The fourth-order valence-electron chi connectivity index (χ4n) is 1.79. The SMILES string of the molecule is CS(=O)(=O)NCCN1CCCC1C(N)=O. The number of nitrogens with one attached hydrogen (secondary N) is 1. The largest absolute Gasteiger partial charge is 0.368 e. The standard InChI is InChI=1S/C8H17N3O3S/c1-15(13,14)10-4-6-11-5-2-3-7(11)8(9)12/h7,10H,2-6H2,1H3,(H2,9,12). The molecule has 0 spiro atoms. The molecule has 7 heteroatoms. The molecule has 0 saturated carbocycles. The maximum absolute atomic E-state index is 11.0. The first-order valence-corrected chi connectivity index (χ1v) is 6.77. The van der Waals surface area contributed by atoms with Crippen molar-refractivity contribution in [3.8, 4) is 0 Å². The number of carbonyl (C=O) groups is 1. The Bertz CT molecular complexity index is 328. The Morgan fingerprint density at radius 3 is 2.80 bits per heavy atom. The highest BCUT2D eigenvalue weighted by molar-refractivity contribution is 7.88. The van der Waals surface area contributed by atoms with E-state index in [2.05, 4.69) is 4.72 Å². The summed E-state index contributed by atoms with van der Waals surface area (Å²) in [7, 11) is -3.15. The van der Waals surface area contributed by atoms with Crippen LogP contribution in [-0.4, -0.2) is 51.2 Å². The smallest absolute Gasteiger partial charge is 0.234 e. The number of rotatable bonds is 5. The van der Waals surface area contributed by atoms with Crippen LogP contribution in [0.1, 0.15) is 12.8 Å². The molecule has 1 rings (SSSR count). The van der Waals surface area contributed by atoms with Crippen LogP contribution < -0.4 is 10.5 Å². The minimum absolute atomic E-state index is 0.230. The van der Waals surface area contributed by atoms with E-state index in [1.807, 2.05) is 4.90 Å². The molecule has 6 nitrogen and oxygen atoms in total. The summed E-state index contributed by atoms with van der Waals surface area (Å²) in [6, 6.07) is -0.230. The third-order valence-corrected chi connectivity index (χ3v) is 3.18. The summed E-state index contributed by atoms with van der Waals surface area (Å²) in [6.07, 6.45) is 2.82. The van der Waals surface area contributed by atoms with Gasteiger partial charge in [0.15, 0.2) is 0 Å². The van der Waals surface area contributed by atoms with Gasteiger partial charge in [-0.3, -0.25) is 9.69 Å². The molecular weight excluding hydrogens is 218 g/mol. The number of nitrogens with zero attached hydrogens (tertiary/aromatic N) is 1. The summed E-state index contributed by atoms with van der Waals surface area (Å²) >= 11 is 0.